The van der Waals surface area contributed by atoms with Crippen LogP contribution in [-0.2, 0) is 14.6 Å². The third-order valence-corrected chi connectivity index (χ3v) is 5.19. The number of nitrogens with one attached hydrogen (secondary N) is 1. The summed E-state index contributed by atoms with van der Waals surface area (Å²) in [4.78, 5) is 15.8. The fourth-order valence-corrected chi connectivity index (χ4v) is 3.82. The zero-order valence-electron chi connectivity index (χ0n) is 12.4. The molecule has 0 fully saturated rings. The Morgan fingerprint density at radius 1 is 1.00 bits per heavy atom. The number of hydrogen-bond acceptors (Lipinski definition) is 4. The fraction of sp³-hybridized carbons (Fsp3) is 0.0588. The number of amides is 1. The Balaban J connectivity index is 2.26. The summed E-state index contributed by atoms with van der Waals surface area (Å²) in [6, 6.07) is 14.7. The lowest BCUT2D eigenvalue weighted by Crippen LogP contribution is -2.08. The molecule has 3 aromatic rings. The first-order chi connectivity index (χ1) is 11.0. The normalized spacial score (nSPS) is 11.3. The van der Waals surface area contributed by atoms with Gasteiger partial charge in [-0.2, -0.15) is 0 Å². The van der Waals surface area contributed by atoms with Gasteiger partial charge in [-0.3, -0.25) is 9.78 Å². The smallest absolute Gasteiger partial charge is 0.221 e. The molecule has 0 bridgehead atoms. The molecule has 6 heteroatoms. The van der Waals surface area contributed by atoms with Gasteiger partial charge in [-0.05, 0) is 36.4 Å². The Hall–Kier alpha value is -2.73. The highest BCUT2D eigenvalue weighted by Gasteiger charge is 2.22. The summed E-state index contributed by atoms with van der Waals surface area (Å²) < 4.78 is 25.7. The molecule has 0 atom stereocenters. The van der Waals surface area contributed by atoms with Crippen LogP contribution >= 0.6 is 0 Å². The molecule has 2 aromatic carbocycles. The molecule has 0 aliphatic rings. The minimum absolute atomic E-state index is 0.119. The van der Waals surface area contributed by atoms with E-state index in [0.717, 1.165) is 0 Å². The van der Waals surface area contributed by atoms with E-state index in [4.69, 9.17) is 0 Å². The van der Waals surface area contributed by atoms with E-state index in [0.29, 0.717) is 16.6 Å². The zero-order chi connectivity index (χ0) is 16.4. The number of sulfone groups is 1. The number of anilines is 1. The summed E-state index contributed by atoms with van der Waals surface area (Å²) in [5, 5.41) is 3.28. The predicted molar refractivity (Wildman–Crippen MR) is 87.9 cm³/mol. The number of carbonyl (C=O) groups is 1. The molecule has 5 nitrogen and oxygen atoms in total. The molecule has 23 heavy (non-hydrogen) atoms. The van der Waals surface area contributed by atoms with Crippen LogP contribution in [0.3, 0.4) is 0 Å². The Kier molecular flexibility index (Phi) is 3.83. The number of carbonyl (C=O) groups excluding carboxylic acids is 1. The monoisotopic (exact) mass is 326 g/mol. The van der Waals surface area contributed by atoms with Crippen LogP contribution in [0.1, 0.15) is 6.92 Å². The second-order valence-corrected chi connectivity index (χ2v) is 6.93. The second kappa shape index (κ2) is 5.81. The van der Waals surface area contributed by atoms with Crippen molar-refractivity contribution in [2.75, 3.05) is 5.32 Å². The summed E-state index contributed by atoms with van der Waals surface area (Å²) in [5.74, 6) is -0.228. The average Bonchev–Trinajstić information content (AvgIpc) is 2.55. The second-order valence-electron chi connectivity index (χ2n) is 5.01. The van der Waals surface area contributed by atoms with Crippen LogP contribution in [0.2, 0.25) is 0 Å². The third-order valence-electron chi connectivity index (χ3n) is 3.39. The molecule has 1 N–H and O–H groups in total. The highest BCUT2D eigenvalue weighted by atomic mass is 32.2. The summed E-state index contributed by atoms with van der Waals surface area (Å²) in [5.41, 5.74) is 0.871. The SMILES string of the molecule is CC(=O)Nc1ccc(S(=O)(=O)c2ccccc2)c2ncccc12. The maximum Gasteiger partial charge on any atom is 0.221 e. The van der Waals surface area contributed by atoms with Crippen molar-refractivity contribution in [3.05, 3.63) is 60.8 Å². The lowest BCUT2D eigenvalue weighted by Gasteiger charge is -2.11. The number of aromatic nitrogens is 1. The molecule has 0 unspecified atom stereocenters. The topological polar surface area (TPSA) is 76.1 Å². The lowest BCUT2D eigenvalue weighted by molar-refractivity contribution is -0.114. The van der Waals surface area contributed by atoms with Gasteiger partial charge >= 0.3 is 0 Å². The lowest BCUT2D eigenvalue weighted by atomic mass is 10.2. The standard InChI is InChI=1S/C17H14N2O3S/c1-12(20)19-15-9-10-16(17-14(15)8-5-11-18-17)23(21,22)13-6-3-2-4-7-13/h2-11H,1H3,(H,19,20). The summed E-state index contributed by atoms with van der Waals surface area (Å²) >= 11 is 0. The van der Waals surface area contributed by atoms with Crippen LogP contribution < -0.4 is 5.32 Å². The van der Waals surface area contributed by atoms with Gasteiger partial charge in [0.1, 0.15) is 0 Å². The van der Waals surface area contributed by atoms with E-state index in [-0.39, 0.29) is 15.7 Å². The highest BCUT2D eigenvalue weighted by Crippen LogP contribution is 2.31. The number of pyridine rings is 1. The third kappa shape index (κ3) is 2.80. The average molecular weight is 326 g/mol. The zero-order valence-corrected chi connectivity index (χ0v) is 13.2. The molecule has 1 amide bonds. The maximum atomic E-state index is 12.9. The molecule has 116 valence electrons. The molecule has 0 aliphatic carbocycles. The van der Waals surface area contributed by atoms with Crippen molar-refractivity contribution in [3.63, 3.8) is 0 Å². The van der Waals surface area contributed by atoms with E-state index in [2.05, 4.69) is 10.3 Å². The molecule has 1 heterocycles. The quantitative estimate of drug-likeness (QED) is 0.802. The Morgan fingerprint density at radius 3 is 2.43 bits per heavy atom. The molecule has 0 aliphatic heterocycles. The van der Waals surface area contributed by atoms with Gasteiger partial charge in [-0.15, -0.1) is 0 Å². The van der Waals surface area contributed by atoms with Crippen molar-refractivity contribution in [3.8, 4) is 0 Å². The highest BCUT2D eigenvalue weighted by molar-refractivity contribution is 7.91. The molecule has 0 saturated carbocycles. The van der Waals surface area contributed by atoms with Gasteiger partial charge in [0.25, 0.3) is 0 Å². The van der Waals surface area contributed by atoms with E-state index < -0.39 is 9.84 Å². The minimum atomic E-state index is -3.69. The van der Waals surface area contributed by atoms with Crippen molar-refractivity contribution < 1.29 is 13.2 Å². The van der Waals surface area contributed by atoms with E-state index in [9.17, 15) is 13.2 Å². The van der Waals surface area contributed by atoms with Gasteiger partial charge in [0, 0.05) is 18.5 Å². The van der Waals surface area contributed by atoms with Gasteiger partial charge < -0.3 is 5.32 Å². The van der Waals surface area contributed by atoms with E-state index >= 15 is 0 Å². The Morgan fingerprint density at radius 2 is 1.74 bits per heavy atom. The molecular weight excluding hydrogens is 312 g/mol. The van der Waals surface area contributed by atoms with Gasteiger partial charge in [0.15, 0.2) is 0 Å². The number of benzene rings is 2. The largest absolute Gasteiger partial charge is 0.326 e. The van der Waals surface area contributed by atoms with Gasteiger partial charge in [-0.1, -0.05) is 18.2 Å². The Labute approximate surface area is 133 Å². The van der Waals surface area contributed by atoms with E-state index in [1.165, 1.54) is 19.2 Å². The van der Waals surface area contributed by atoms with Gasteiger partial charge in [0.05, 0.1) is 21.0 Å². The maximum absolute atomic E-state index is 12.9. The Bertz CT molecular complexity index is 983. The van der Waals surface area contributed by atoms with Crippen molar-refractivity contribution in [1.82, 2.24) is 4.98 Å². The molecule has 3 rings (SSSR count). The van der Waals surface area contributed by atoms with Crippen LogP contribution in [0.25, 0.3) is 10.9 Å². The predicted octanol–water partition coefficient (Wildman–Crippen LogP) is 3.03. The van der Waals surface area contributed by atoms with Crippen molar-refractivity contribution in [1.29, 1.82) is 0 Å². The summed E-state index contributed by atoms with van der Waals surface area (Å²) in [6.45, 7) is 1.40. The van der Waals surface area contributed by atoms with Crippen LogP contribution in [0.4, 0.5) is 5.69 Å². The fourth-order valence-electron chi connectivity index (χ4n) is 2.39. The van der Waals surface area contributed by atoms with Gasteiger partial charge in [-0.25, -0.2) is 8.42 Å². The molecule has 0 saturated heterocycles. The first-order valence-corrected chi connectivity index (χ1v) is 8.44. The number of hydrogen-bond donors (Lipinski definition) is 1. The summed E-state index contributed by atoms with van der Waals surface area (Å²) in [7, 11) is -3.69. The molecular formula is C17H14N2O3S. The molecule has 1 aromatic heterocycles. The van der Waals surface area contributed by atoms with E-state index in [1.807, 2.05) is 0 Å². The van der Waals surface area contributed by atoms with Crippen molar-refractivity contribution in [2.24, 2.45) is 0 Å². The van der Waals surface area contributed by atoms with Crippen molar-refractivity contribution in [2.45, 2.75) is 16.7 Å². The molecule has 0 spiro atoms. The number of rotatable bonds is 3. The summed E-state index contributed by atoms with van der Waals surface area (Å²) in [6.07, 6.45) is 1.53. The minimum Gasteiger partial charge on any atom is -0.326 e. The first-order valence-electron chi connectivity index (χ1n) is 6.95. The first kappa shape index (κ1) is 15.2. The number of nitrogens with zero attached hydrogens (tertiary/aromatic N) is 1. The van der Waals surface area contributed by atoms with E-state index in [1.54, 1.807) is 48.5 Å². The van der Waals surface area contributed by atoms with Crippen molar-refractivity contribution >= 4 is 32.3 Å². The van der Waals surface area contributed by atoms with Crippen LogP contribution in [0.5, 0.6) is 0 Å². The van der Waals surface area contributed by atoms with Crippen LogP contribution in [-0.4, -0.2) is 19.3 Å². The number of fused-ring (bicyclic) bond motifs is 1. The van der Waals surface area contributed by atoms with Crippen LogP contribution in [0, 0.1) is 0 Å². The molecule has 0 radical (unpaired) electrons. The van der Waals surface area contributed by atoms with Gasteiger partial charge in [0.2, 0.25) is 15.7 Å². The van der Waals surface area contributed by atoms with Crippen LogP contribution in [0.15, 0.2) is 70.6 Å².